The fourth-order valence-corrected chi connectivity index (χ4v) is 4.01. The van der Waals surface area contributed by atoms with Gasteiger partial charge in [-0.05, 0) is 32.9 Å². The van der Waals surface area contributed by atoms with Gasteiger partial charge in [-0.2, -0.15) is 0 Å². The van der Waals surface area contributed by atoms with Crippen molar-refractivity contribution in [1.29, 1.82) is 0 Å². The zero-order chi connectivity index (χ0) is 15.4. The predicted octanol–water partition coefficient (Wildman–Crippen LogP) is 2.67. The van der Waals surface area contributed by atoms with E-state index < -0.39 is 0 Å². The van der Waals surface area contributed by atoms with Gasteiger partial charge in [-0.1, -0.05) is 11.3 Å². The Balaban J connectivity index is 1.51. The molecule has 0 atom stereocenters. The first kappa shape index (κ1) is 15.5. The van der Waals surface area contributed by atoms with E-state index in [2.05, 4.69) is 20.6 Å². The average molecular weight is 338 g/mol. The van der Waals surface area contributed by atoms with Crippen LogP contribution in [0.1, 0.15) is 24.5 Å². The van der Waals surface area contributed by atoms with E-state index in [1.54, 1.807) is 24.2 Å². The second kappa shape index (κ2) is 7.26. The molecule has 1 saturated heterocycles. The Bertz CT molecular complexity index is 634. The molecule has 1 aliphatic rings. The minimum atomic E-state index is 0.0794. The van der Waals surface area contributed by atoms with Crippen LogP contribution in [0.15, 0.2) is 21.0 Å². The number of anilines is 1. The third kappa shape index (κ3) is 4.08. The molecule has 22 heavy (non-hydrogen) atoms. The van der Waals surface area contributed by atoms with Gasteiger partial charge in [0.15, 0.2) is 5.13 Å². The van der Waals surface area contributed by atoms with Crippen molar-refractivity contribution in [2.75, 3.05) is 18.4 Å². The number of aromatic nitrogens is 2. The molecule has 0 aliphatic carbocycles. The number of carbonyl (C=O) groups excluding carboxylic acids is 1. The van der Waals surface area contributed by atoms with Gasteiger partial charge in [-0.3, -0.25) is 4.79 Å². The van der Waals surface area contributed by atoms with Crippen molar-refractivity contribution >= 4 is 34.1 Å². The van der Waals surface area contributed by atoms with Crippen LogP contribution < -0.4 is 10.6 Å². The minimum Gasteiger partial charge on any atom is -0.445 e. The number of thioether (sulfide) groups is 1. The molecule has 3 rings (SSSR count). The van der Waals surface area contributed by atoms with Crippen LogP contribution in [0.4, 0.5) is 5.13 Å². The smallest absolute Gasteiger partial charge is 0.229 e. The van der Waals surface area contributed by atoms with Crippen molar-refractivity contribution < 1.29 is 9.21 Å². The van der Waals surface area contributed by atoms with Crippen LogP contribution in [-0.2, 0) is 10.5 Å². The predicted molar refractivity (Wildman–Crippen MR) is 87.1 cm³/mol. The van der Waals surface area contributed by atoms with Crippen molar-refractivity contribution in [3.8, 4) is 0 Å². The van der Waals surface area contributed by atoms with Crippen molar-refractivity contribution in [3.05, 3.63) is 24.0 Å². The molecule has 0 spiro atoms. The lowest BCUT2D eigenvalue weighted by Crippen LogP contribution is -2.34. The lowest BCUT2D eigenvalue weighted by atomic mass is 9.97. The highest BCUT2D eigenvalue weighted by Crippen LogP contribution is 2.31. The summed E-state index contributed by atoms with van der Waals surface area (Å²) in [6.07, 6.45) is 5.28. The highest BCUT2D eigenvalue weighted by molar-refractivity contribution is 8.00. The summed E-state index contributed by atoms with van der Waals surface area (Å²) in [7, 11) is 0. The van der Waals surface area contributed by atoms with E-state index in [4.69, 9.17) is 4.42 Å². The molecule has 118 valence electrons. The highest BCUT2D eigenvalue weighted by atomic mass is 32.2. The summed E-state index contributed by atoms with van der Waals surface area (Å²) in [5, 5.41) is 6.84. The van der Waals surface area contributed by atoms with E-state index in [0.29, 0.717) is 16.8 Å². The number of oxazole rings is 1. The van der Waals surface area contributed by atoms with E-state index in [1.165, 1.54) is 11.3 Å². The third-order valence-corrected chi connectivity index (χ3v) is 5.52. The Morgan fingerprint density at radius 2 is 2.27 bits per heavy atom. The number of thiazole rings is 1. The molecule has 0 saturated carbocycles. The van der Waals surface area contributed by atoms with Crippen LogP contribution in [0.5, 0.6) is 0 Å². The van der Waals surface area contributed by atoms with E-state index >= 15 is 0 Å². The molecule has 2 aromatic rings. The van der Waals surface area contributed by atoms with Gasteiger partial charge in [0.05, 0.1) is 22.4 Å². The first-order valence-corrected chi connectivity index (χ1v) is 9.02. The Hall–Kier alpha value is -1.38. The summed E-state index contributed by atoms with van der Waals surface area (Å²) < 4.78 is 6.47. The molecule has 0 unspecified atom stereocenters. The van der Waals surface area contributed by atoms with Crippen molar-refractivity contribution in [3.63, 3.8) is 0 Å². The number of hydrogen-bond acceptors (Lipinski definition) is 7. The fraction of sp³-hybridized carbons (Fsp3) is 0.500. The molecule has 3 heterocycles. The molecule has 6 nitrogen and oxygen atoms in total. The van der Waals surface area contributed by atoms with Gasteiger partial charge >= 0.3 is 0 Å². The second-order valence-electron chi connectivity index (χ2n) is 5.15. The van der Waals surface area contributed by atoms with Crippen LogP contribution in [0.3, 0.4) is 0 Å². The number of nitrogens with zero attached hydrogens (tertiary/aromatic N) is 2. The number of aryl methyl sites for hydroxylation is 1. The molecule has 0 radical (unpaired) electrons. The van der Waals surface area contributed by atoms with Crippen LogP contribution >= 0.6 is 23.1 Å². The number of nitrogens with one attached hydrogen (secondary N) is 2. The van der Waals surface area contributed by atoms with Gasteiger partial charge in [-0.25, -0.2) is 9.97 Å². The SMILES string of the molecule is Cc1cnc(CSc2cnc(NC(=O)C3CCNCC3)s2)o1. The quantitative estimate of drug-likeness (QED) is 0.816. The third-order valence-electron chi connectivity index (χ3n) is 3.43. The molecule has 8 heteroatoms. The summed E-state index contributed by atoms with van der Waals surface area (Å²) in [5.41, 5.74) is 0. The van der Waals surface area contributed by atoms with Gasteiger partial charge in [0.25, 0.3) is 0 Å². The van der Waals surface area contributed by atoms with Crippen LogP contribution in [0, 0.1) is 12.8 Å². The van der Waals surface area contributed by atoms with Crippen LogP contribution in [-0.4, -0.2) is 29.0 Å². The van der Waals surface area contributed by atoms with Gasteiger partial charge in [0.2, 0.25) is 11.8 Å². The number of carbonyl (C=O) groups is 1. The van der Waals surface area contributed by atoms with Crippen LogP contribution in [0.2, 0.25) is 0 Å². The number of rotatable bonds is 5. The Morgan fingerprint density at radius 1 is 1.45 bits per heavy atom. The molecule has 1 aliphatic heterocycles. The van der Waals surface area contributed by atoms with Crippen molar-refractivity contribution in [2.24, 2.45) is 5.92 Å². The average Bonchev–Trinajstić information content (AvgIpc) is 3.15. The van der Waals surface area contributed by atoms with Crippen LogP contribution in [0.25, 0.3) is 0 Å². The number of amides is 1. The molecular formula is C14H18N4O2S2. The standard InChI is InChI=1S/C14H18N4O2S2/c1-9-6-16-11(20-9)8-21-12-7-17-14(22-12)18-13(19)10-2-4-15-5-3-10/h6-7,10,15H,2-5,8H2,1H3,(H,17,18,19). The Labute approximate surface area is 137 Å². The van der Waals surface area contributed by atoms with Gasteiger partial charge in [0, 0.05) is 5.92 Å². The topological polar surface area (TPSA) is 80.0 Å². The summed E-state index contributed by atoms with van der Waals surface area (Å²) in [5.74, 6) is 2.36. The summed E-state index contributed by atoms with van der Waals surface area (Å²) in [4.78, 5) is 20.6. The molecule has 2 aromatic heterocycles. The molecular weight excluding hydrogens is 320 g/mol. The largest absolute Gasteiger partial charge is 0.445 e. The summed E-state index contributed by atoms with van der Waals surface area (Å²) in [6, 6.07) is 0. The zero-order valence-corrected chi connectivity index (χ0v) is 13.9. The minimum absolute atomic E-state index is 0.0794. The summed E-state index contributed by atoms with van der Waals surface area (Å²) in [6.45, 7) is 3.70. The first-order chi connectivity index (χ1) is 10.7. The molecule has 2 N–H and O–H groups in total. The zero-order valence-electron chi connectivity index (χ0n) is 12.3. The fourth-order valence-electron chi connectivity index (χ4n) is 2.28. The van der Waals surface area contributed by atoms with Gasteiger partial charge < -0.3 is 15.1 Å². The number of hydrogen-bond donors (Lipinski definition) is 2. The van der Waals surface area contributed by atoms with E-state index in [0.717, 1.165) is 35.9 Å². The summed E-state index contributed by atoms with van der Waals surface area (Å²) >= 11 is 3.09. The lowest BCUT2D eigenvalue weighted by molar-refractivity contribution is -0.120. The van der Waals surface area contributed by atoms with E-state index in [9.17, 15) is 4.79 Å². The monoisotopic (exact) mass is 338 g/mol. The van der Waals surface area contributed by atoms with E-state index in [-0.39, 0.29) is 11.8 Å². The maximum absolute atomic E-state index is 12.2. The van der Waals surface area contributed by atoms with Gasteiger partial charge in [0.1, 0.15) is 5.76 Å². The maximum Gasteiger partial charge on any atom is 0.229 e. The maximum atomic E-state index is 12.2. The highest BCUT2D eigenvalue weighted by Gasteiger charge is 2.21. The molecule has 0 aromatic carbocycles. The molecule has 1 amide bonds. The first-order valence-electron chi connectivity index (χ1n) is 7.22. The number of piperidine rings is 1. The van der Waals surface area contributed by atoms with Gasteiger partial charge in [-0.15, -0.1) is 11.8 Å². The Kier molecular flexibility index (Phi) is 5.12. The Morgan fingerprint density at radius 3 is 3.00 bits per heavy atom. The second-order valence-corrected chi connectivity index (χ2v) is 7.46. The van der Waals surface area contributed by atoms with Crippen molar-refractivity contribution in [2.45, 2.75) is 29.7 Å². The normalized spacial score (nSPS) is 15.9. The molecule has 0 bridgehead atoms. The molecule has 1 fully saturated rings. The van der Waals surface area contributed by atoms with E-state index in [1.807, 2.05) is 6.92 Å². The lowest BCUT2D eigenvalue weighted by Gasteiger charge is -2.20. The van der Waals surface area contributed by atoms with Crippen molar-refractivity contribution in [1.82, 2.24) is 15.3 Å².